The van der Waals surface area contributed by atoms with Gasteiger partial charge in [0, 0.05) is 10.6 Å². The summed E-state index contributed by atoms with van der Waals surface area (Å²) in [5, 5.41) is 21.0. The lowest BCUT2D eigenvalue weighted by atomic mass is 10.0. The summed E-state index contributed by atoms with van der Waals surface area (Å²) in [6.45, 7) is 0.00920. The molecule has 1 aliphatic heterocycles. The maximum Gasteiger partial charge on any atom is 0.280 e. The number of nitrogens with zero attached hydrogens (tertiary/aromatic N) is 2. The van der Waals surface area contributed by atoms with Gasteiger partial charge in [0.1, 0.15) is 0 Å². The average Bonchev–Trinajstić information content (AvgIpc) is 2.99. The first kappa shape index (κ1) is 14.9. The summed E-state index contributed by atoms with van der Waals surface area (Å²) in [6, 6.07) is 11.6. The van der Waals surface area contributed by atoms with Gasteiger partial charge in [0.2, 0.25) is 6.79 Å². The van der Waals surface area contributed by atoms with Crippen molar-refractivity contribution in [2.24, 2.45) is 0 Å². The van der Waals surface area contributed by atoms with Gasteiger partial charge in [-0.1, -0.05) is 29.8 Å². The van der Waals surface area contributed by atoms with E-state index in [9.17, 15) is 15.4 Å². The van der Waals surface area contributed by atoms with E-state index < -0.39 is 4.92 Å². The minimum Gasteiger partial charge on any atom is -0.454 e. The Morgan fingerprint density at radius 1 is 1.30 bits per heavy atom. The lowest BCUT2D eigenvalue weighted by Gasteiger charge is -2.04. The lowest BCUT2D eigenvalue weighted by molar-refractivity contribution is -0.385. The zero-order chi connectivity index (χ0) is 16.4. The Balaban J connectivity index is 2.16. The van der Waals surface area contributed by atoms with Crippen molar-refractivity contribution in [1.29, 1.82) is 5.26 Å². The van der Waals surface area contributed by atoms with E-state index in [1.165, 1.54) is 18.2 Å². The molecule has 0 unspecified atom stereocenters. The first-order valence-electron chi connectivity index (χ1n) is 6.55. The van der Waals surface area contributed by atoms with Crippen molar-refractivity contribution in [1.82, 2.24) is 0 Å². The van der Waals surface area contributed by atoms with Gasteiger partial charge in [0.05, 0.1) is 28.2 Å². The maximum atomic E-state index is 11.3. The van der Waals surface area contributed by atoms with Gasteiger partial charge in [-0.2, -0.15) is 5.26 Å². The second kappa shape index (κ2) is 5.99. The van der Waals surface area contributed by atoms with Crippen LogP contribution in [0, 0.1) is 21.4 Å². The zero-order valence-corrected chi connectivity index (χ0v) is 12.4. The summed E-state index contributed by atoms with van der Waals surface area (Å²) in [5.74, 6) is 0.711. The molecule has 7 heteroatoms. The Bertz CT molecular complexity index is 871. The number of allylic oxidation sites excluding steroid dienone is 1. The van der Waals surface area contributed by atoms with Gasteiger partial charge in [-0.15, -0.1) is 0 Å². The lowest BCUT2D eigenvalue weighted by Crippen LogP contribution is -1.93. The zero-order valence-electron chi connectivity index (χ0n) is 11.7. The van der Waals surface area contributed by atoms with Crippen LogP contribution in [0.5, 0.6) is 11.5 Å². The third kappa shape index (κ3) is 2.82. The predicted octanol–water partition coefficient (Wildman–Crippen LogP) is 4.04. The van der Waals surface area contributed by atoms with Crippen molar-refractivity contribution in [2.75, 3.05) is 6.79 Å². The van der Waals surface area contributed by atoms with Crippen LogP contribution in [0.4, 0.5) is 5.69 Å². The molecule has 23 heavy (non-hydrogen) atoms. The number of nitro groups is 1. The Hall–Kier alpha value is -3.04. The van der Waals surface area contributed by atoms with Gasteiger partial charge in [-0.05, 0) is 18.2 Å². The SMILES string of the molecule is N#CC(=Cc1cc2c(cc1[N+](=O)[O-])OCO2)c1ccccc1Cl. The van der Waals surface area contributed by atoms with Crippen LogP contribution in [0.3, 0.4) is 0 Å². The van der Waals surface area contributed by atoms with Crippen LogP contribution in [-0.2, 0) is 0 Å². The average molecular weight is 329 g/mol. The fraction of sp³-hybridized carbons (Fsp3) is 0.0625. The van der Waals surface area contributed by atoms with E-state index >= 15 is 0 Å². The van der Waals surface area contributed by atoms with Gasteiger partial charge >= 0.3 is 0 Å². The molecule has 0 N–H and O–H groups in total. The quantitative estimate of drug-likeness (QED) is 0.367. The number of hydrogen-bond donors (Lipinski definition) is 0. The van der Waals surface area contributed by atoms with Crippen molar-refractivity contribution in [2.45, 2.75) is 0 Å². The molecule has 0 bridgehead atoms. The molecular formula is C16H9ClN2O4. The third-order valence-corrected chi connectivity index (χ3v) is 3.63. The molecule has 0 radical (unpaired) electrons. The second-order valence-corrected chi connectivity index (χ2v) is 5.08. The smallest absolute Gasteiger partial charge is 0.280 e. The Labute approximate surface area is 136 Å². The largest absolute Gasteiger partial charge is 0.454 e. The van der Waals surface area contributed by atoms with E-state index in [0.717, 1.165) is 0 Å². The number of benzene rings is 2. The van der Waals surface area contributed by atoms with E-state index in [4.69, 9.17) is 21.1 Å². The second-order valence-electron chi connectivity index (χ2n) is 4.67. The number of nitriles is 1. The van der Waals surface area contributed by atoms with Crippen molar-refractivity contribution in [3.05, 3.63) is 62.7 Å². The predicted molar refractivity (Wildman–Crippen MR) is 84.2 cm³/mol. The van der Waals surface area contributed by atoms with Crippen LogP contribution in [0.1, 0.15) is 11.1 Å². The molecule has 0 amide bonds. The van der Waals surface area contributed by atoms with Crippen molar-refractivity contribution in [3.8, 4) is 17.6 Å². The number of nitro benzene ring substituents is 1. The van der Waals surface area contributed by atoms with Crippen molar-refractivity contribution < 1.29 is 14.4 Å². The summed E-state index contributed by atoms with van der Waals surface area (Å²) in [5.41, 5.74) is 0.797. The molecule has 2 aromatic rings. The molecule has 0 saturated heterocycles. The normalized spacial score (nSPS) is 12.8. The molecule has 2 aromatic carbocycles. The molecule has 3 rings (SSSR count). The molecule has 114 valence electrons. The molecular weight excluding hydrogens is 320 g/mol. The minimum absolute atomic E-state index is 0.00920. The first-order valence-corrected chi connectivity index (χ1v) is 6.92. The van der Waals surface area contributed by atoms with Crippen LogP contribution < -0.4 is 9.47 Å². The van der Waals surface area contributed by atoms with Crippen LogP contribution in [0.15, 0.2) is 36.4 Å². The minimum atomic E-state index is -0.532. The number of fused-ring (bicyclic) bond motifs is 1. The van der Waals surface area contributed by atoms with Gasteiger partial charge in [0.15, 0.2) is 11.5 Å². The molecule has 0 aromatic heterocycles. The summed E-state index contributed by atoms with van der Waals surface area (Å²) in [7, 11) is 0. The molecule has 0 aliphatic carbocycles. The van der Waals surface area contributed by atoms with Crippen LogP contribution in [0.25, 0.3) is 11.6 Å². The van der Waals surface area contributed by atoms with Gasteiger partial charge < -0.3 is 9.47 Å². The Kier molecular flexibility index (Phi) is 3.87. The van der Waals surface area contributed by atoms with Crippen LogP contribution in [0.2, 0.25) is 5.02 Å². The van der Waals surface area contributed by atoms with E-state index in [2.05, 4.69) is 0 Å². The summed E-state index contributed by atoms with van der Waals surface area (Å²) in [6.07, 6.45) is 1.42. The summed E-state index contributed by atoms with van der Waals surface area (Å²) >= 11 is 6.09. The fourth-order valence-electron chi connectivity index (χ4n) is 2.23. The first-order chi connectivity index (χ1) is 11.1. The summed E-state index contributed by atoms with van der Waals surface area (Å²) in [4.78, 5) is 10.7. The maximum absolute atomic E-state index is 11.3. The molecule has 6 nitrogen and oxygen atoms in total. The third-order valence-electron chi connectivity index (χ3n) is 3.30. The molecule has 0 fully saturated rings. The molecule has 0 atom stereocenters. The molecule has 0 saturated carbocycles. The number of rotatable bonds is 3. The monoisotopic (exact) mass is 328 g/mol. The Morgan fingerprint density at radius 2 is 2.00 bits per heavy atom. The van der Waals surface area contributed by atoms with Crippen molar-refractivity contribution >= 4 is 28.9 Å². The molecule has 0 spiro atoms. The fourth-order valence-corrected chi connectivity index (χ4v) is 2.46. The van der Waals surface area contributed by atoms with E-state index in [1.54, 1.807) is 24.3 Å². The van der Waals surface area contributed by atoms with Crippen LogP contribution in [-0.4, -0.2) is 11.7 Å². The number of halogens is 1. The van der Waals surface area contributed by atoms with Gasteiger partial charge in [-0.3, -0.25) is 10.1 Å². The number of ether oxygens (including phenoxy) is 2. The van der Waals surface area contributed by atoms with Gasteiger partial charge in [0.25, 0.3) is 5.69 Å². The van der Waals surface area contributed by atoms with Gasteiger partial charge in [-0.25, -0.2) is 0 Å². The molecule has 1 aliphatic rings. The summed E-state index contributed by atoms with van der Waals surface area (Å²) < 4.78 is 10.4. The van der Waals surface area contributed by atoms with E-state index in [1.807, 2.05) is 6.07 Å². The highest BCUT2D eigenvalue weighted by Gasteiger charge is 2.23. The highest BCUT2D eigenvalue weighted by molar-refractivity contribution is 6.32. The van der Waals surface area contributed by atoms with Crippen molar-refractivity contribution in [3.63, 3.8) is 0 Å². The van der Waals surface area contributed by atoms with E-state index in [-0.39, 0.29) is 23.6 Å². The van der Waals surface area contributed by atoms with E-state index in [0.29, 0.717) is 22.1 Å². The molecule has 1 heterocycles. The highest BCUT2D eigenvalue weighted by atomic mass is 35.5. The Morgan fingerprint density at radius 3 is 2.65 bits per heavy atom. The standard InChI is InChI=1S/C16H9ClN2O4/c17-13-4-2-1-3-12(13)11(8-18)5-10-6-15-16(23-9-22-15)7-14(10)19(20)21/h1-7H,9H2. The van der Waals surface area contributed by atoms with Crippen LogP contribution >= 0.6 is 11.6 Å². The number of hydrogen-bond acceptors (Lipinski definition) is 5. The highest BCUT2D eigenvalue weighted by Crippen LogP contribution is 2.39. The topological polar surface area (TPSA) is 85.4 Å².